The van der Waals surface area contributed by atoms with E-state index >= 15 is 0 Å². The van der Waals surface area contributed by atoms with Crippen molar-refractivity contribution in [1.29, 1.82) is 0 Å². The predicted molar refractivity (Wildman–Crippen MR) is 123 cm³/mol. The Morgan fingerprint density at radius 3 is 1.91 bits per heavy atom. The van der Waals surface area contributed by atoms with Gasteiger partial charge in [0.1, 0.15) is 12.2 Å². The molecule has 0 bridgehead atoms. The number of fused-ring (bicyclic) bond motifs is 3. The van der Waals surface area contributed by atoms with Crippen LogP contribution in [-0.4, -0.2) is 47.1 Å². The Hall–Kier alpha value is -3.55. The molecule has 1 aliphatic rings. The first-order valence-electron chi connectivity index (χ1n) is 10.7. The van der Waals surface area contributed by atoms with E-state index in [-0.39, 0.29) is 12.5 Å². The fourth-order valence-corrected chi connectivity index (χ4v) is 3.95. The van der Waals surface area contributed by atoms with Crippen LogP contribution in [0.2, 0.25) is 0 Å². The number of benzene rings is 2. The Labute approximate surface area is 193 Å². The van der Waals surface area contributed by atoms with E-state index < -0.39 is 35.3 Å². The van der Waals surface area contributed by atoms with Crippen molar-refractivity contribution in [1.82, 2.24) is 10.6 Å². The minimum Gasteiger partial charge on any atom is -0.480 e. The molecule has 0 saturated heterocycles. The van der Waals surface area contributed by atoms with Crippen LogP contribution < -0.4 is 10.6 Å². The molecule has 3 rings (SSSR count). The van der Waals surface area contributed by atoms with E-state index in [9.17, 15) is 19.5 Å². The molecule has 33 heavy (non-hydrogen) atoms. The molecule has 2 amide bonds. The van der Waals surface area contributed by atoms with Crippen LogP contribution in [0.4, 0.5) is 9.59 Å². The van der Waals surface area contributed by atoms with Gasteiger partial charge in [-0.1, -0.05) is 48.5 Å². The molecule has 0 saturated carbocycles. The highest BCUT2D eigenvalue weighted by atomic mass is 16.6. The molecule has 2 aromatic rings. The van der Waals surface area contributed by atoms with Crippen molar-refractivity contribution >= 4 is 18.2 Å². The second-order valence-corrected chi connectivity index (χ2v) is 9.59. The molecule has 8 nitrogen and oxygen atoms in total. The van der Waals surface area contributed by atoms with E-state index in [4.69, 9.17) is 9.47 Å². The lowest BCUT2D eigenvalue weighted by molar-refractivity contribution is -0.141. The Balaban J connectivity index is 1.68. The third kappa shape index (κ3) is 5.63. The topological polar surface area (TPSA) is 114 Å². The van der Waals surface area contributed by atoms with Crippen LogP contribution >= 0.6 is 0 Å². The molecular formula is C25H30N2O6. The van der Waals surface area contributed by atoms with Gasteiger partial charge in [0.15, 0.2) is 6.04 Å². The maximum absolute atomic E-state index is 12.6. The first kappa shape index (κ1) is 24.1. The van der Waals surface area contributed by atoms with Crippen molar-refractivity contribution in [2.45, 2.75) is 57.7 Å². The zero-order chi connectivity index (χ0) is 24.4. The minimum absolute atomic E-state index is 0.0477. The zero-order valence-electron chi connectivity index (χ0n) is 19.5. The summed E-state index contributed by atoms with van der Waals surface area (Å²) >= 11 is 0. The minimum atomic E-state index is -1.44. The highest BCUT2D eigenvalue weighted by Crippen LogP contribution is 2.44. The largest absolute Gasteiger partial charge is 0.480 e. The first-order valence-corrected chi connectivity index (χ1v) is 10.7. The molecule has 0 aliphatic heterocycles. The third-order valence-electron chi connectivity index (χ3n) is 5.40. The summed E-state index contributed by atoms with van der Waals surface area (Å²) in [6, 6.07) is 14.4. The lowest BCUT2D eigenvalue weighted by Crippen LogP contribution is -2.62. The van der Waals surface area contributed by atoms with Crippen molar-refractivity contribution in [2.24, 2.45) is 0 Å². The van der Waals surface area contributed by atoms with Crippen molar-refractivity contribution in [3.63, 3.8) is 0 Å². The Bertz CT molecular complexity index is 1010. The molecule has 0 spiro atoms. The second-order valence-electron chi connectivity index (χ2n) is 9.59. The molecule has 0 aromatic heterocycles. The van der Waals surface area contributed by atoms with Crippen LogP contribution in [0, 0.1) is 0 Å². The monoisotopic (exact) mass is 454 g/mol. The molecule has 8 heteroatoms. The average Bonchev–Trinajstić information content (AvgIpc) is 3.02. The number of carboxylic acids is 1. The summed E-state index contributed by atoms with van der Waals surface area (Å²) in [5.74, 6) is -1.47. The quantitative estimate of drug-likeness (QED) is 0.600. The van der Waals surface area contributed by atoms with Gasteiger partial charge in [-0.15, -0.1) is 0 Å². The van der Waals surface area contributed by atoms with Crippen LogP contribution in [0.15, 0.2) is 48.5 Å². The van der Waals surface area contributed by atoms with Crippen LogP contribution in [-0.2, 0) is 14.3 Å². The third-order valence-corrected chi connectivity index (χ3v) is 5.40. The zero-order valence-corrected chi connectivity index (χ0v) is 19.5. The van der Waals surface area contributed by atoms with Crippen molar-refractivity contribution in [3.05, 3.63) is 59.7 Å². The summed E-state index contributed by atoms with van der Waals surface area (Å²) in [5, 5.41) is 14.6. The lowest BCUT2D eigenvalue weighted by atomic mass is 9.95. The number of aliphatic carboxylic acids is 1. The fourth-order valence-electron chi connectivity index (χ4n) is 3.95. The normalized spacial score (nSPS) is 14.0. The van der Waals surface area contributed by atoms with Crippen LogP contribution in [0.25, 0.3) is 11.1 Å². The molecule has 1 aliphatic carbocycles. The molecule has 0 unspecified atom stereocenters. The van der Waals surface area contributed by atoms with E-state index in [0.29, 0.717) is 0 Å². The van der Waals surface area contributed by atoms with Gasteiger partial charge in [-0.3, -0.25) is 0 Å². The summed E-state index contributed by atoms with van der Waals surface area (Å²) in [7, 11) is 0. The summed E-state index contributed by atoms with van der Waals surface area (Å²) in [4.78, 5) is 36.6. The average molecular weight is 455 g/mol. The molecular weight excluding hydrogens is 424 g/mol. The van der Waals surface area contributed by atoms with E-state index in [1.54, 1.807) is 20.8 Å². The molecule has 0 heterocycles. The first-order chi connectivity index (χ1) is 15.4. The Morgan fingerprint density at radius 2 is 1.42 bits per heavy atom. The van der Waals surface area contributed by atoms with E-state index in [1.165, 1.54) is 13.8 Å². The molecule has 176 valence electrons. The molecule has 1 atom stereocenters. The number of carboxylic acid groups (broad SMARTS) is 1. The molecule has 3 N–H and O–H groups in total. The fraction of sp³-hybridized carbons (Fsp3) is 0.400. The number of hydrogen-bond acceptors (Lipinski definition) is 5. The maximum atomic E-state index is 12.6. The molecule has 2 aromatic carbocycles. The van der Waals surface area contributed by atoms with Gasteiger partial charge in [0.25, 0.3) is 0 Å². The van der Waals surface area contributed by atoms with Gasteiger partial charge >= 0.3 is 18.2 Å². The van der Waals surface area contributed by atoms with Crippen molar-refractivity contribution < 1.29 is 29.0 Å². The predicted octanol–water partition coefficient (Wildman–Crippen LogP) is 4.28. The Morgan fingerprint density at radius 1 is 0.909 bits per heavy atom. The number of carbonyl (C=O) groups excluding carboxylic acids is 2. The van der Waals surface area contributed by atoms with Crippen LogP contribution in [0.5, 0.6) is 0 Å². The van der Waals surface area contributed by atoms with E-state index in [0.717, 1.165) is 22.3 Å². The lowest BCUT2D eigenvalue weighted by Gasteiger charge is -2.33. The van der Waals surface area contributed by atoms with Crippen molar-refractivity contribution in [3.8, 4) is 11.1 Å². The number of nitrogens with one attached hydrogen (secondary N) is 2. The number of carbonyl (C=O) groups is 3. The summed E-state index contributed by atoms with van der Waals surface area (Å²) in [5.41, 5.74) is 2.18. The highest BCUT2D eigenvalue weighted by molar-refractivity contribution is 5.83. The number of rotatable bonds is 6. The summed E-state index contributed by atoms with van der Waals surface area (Å²) in [6.45, 7) is 8.11. The van der Waals surface area contributed by atoms with Crippen LogP contribution in [0.3, 0.4) is 0 Å². The summed E-state index contributed by atoms with van der Waals surface area (Å²) < 4.78 is 10.6. The smallest absolute Gasteiger partial charge is 0.408 e. The van der Waals surface area contributed by atoms with Gasteiger partial charge in [-0.05, 0) is 56.9 Å². The van der Waals surface area contributed by atoms with Gasteiger partial charge in [0.2, 0.25) is 0 Å². The number of amides is 2. The molecule has 0 radical (unpaired) electrons. The van der Waals surface area contributed by atoms with Gasteiger partial charge in [0.05, 0.1) is 5.54 Å². The highest BCUT2D eigenvalue weighted by Gasteiger charge is 2.39. The van der Waals surface area contributed by atoms with Gasteiger partial charge < -0.3 is 25.2 Å². The number of alkyl carbamates (subject to hydrolysis) is 2. The number of hydrogen-bond donors (Lipinski definition) is 3. The van der Waals surface area contributed by atoms with Crippen LogP contribution in [0.1, 0.15) is 51.7 Å². The summed E-state index contributed by atoms with van der Waals surface area (Å²) in [6.07, 6.45) is -1.67. The van der Waals surface area contributed by atoms with Gasteiger partial charge in [0, 0.05) is 5.92 Å². The number of ether oxygens (including phenoxy) is 2. The standard InChI is InChI=1S/C25H30N2O6/c1-24(2,3)33-23(31)27-25(4,5)20(21(28)29)26-22(30)32-14-19-17-12-8-6-10-15(17)16-11-7-9-13-18(16)19/h6-13,19-20H,14H2,1-5H3,(H,26,30)(H,27,31)(H,28,29)/t20-/m1/s1. The van der Waals surface area contributed by atoms with Gasteiger partial charge in [-0.2, -0.15) is 0 Å². The maximum Gasteiger partial charge on any atom is 0.408 e. The van der Waals surface area contributed by atoms with E-state index in [1.807, 2.05) is 48.5 Å². The van der Waals surface area contributed by atoms with E-state index in [2.05, 4.69) is 10.6 Å². The SMILES string of the molecule is CC(C)(C)OC(=O)NC(C)(C)[C@H](NC(=O)OCC1c2ccccc2-c2ccccc21)C(=O)O. The van der Waals surface area contributed by atoms with Gasteiger partial charge in [-0.25, -0.2) is 14.4 Å². The Kier molecular flexibility index (Phi) is 6.67. The molecule has 0 fully saturated rings. The second kappa shape index (κ2) is 9.13. The van der Waals surface area contributed by atoms with Crippen molar-refractivity contribution in [2.75, 3.05) is 6.61 Å².